The number of fused-ring (bicyclic) bond motifs is 1. The Hall–Kier alpha value is -2.82. The van der Waals surface area contributed by atoms with E-state index in [2.05, 4.69) is 0 Å². The molecular formula is C18H17NO4. The SMILES string of the molecule is Cc1cccc2c1C[C@@H](C(=O)O)N2C(=O)OCc1ccccc1. The second kappa shape index (κ2) is 6.12. The van der Waals surface area contributed by atoms with Crippen LogP contribution >= 0.6 is 0 Å². The summed E-state index contributed by atoms with van der Waals surface area (Å²) in [7, 11) is 0. The van der Waals surface area contributed by atoms with Crippen molar-refractivity contribution < 1.29 is 19.4 Å². The summed E-state index contributed by atoms with van der Waals surface area (Å²) in [4.78, 5) is 25.2. The summed E-state index contributed by atoms with van der Waals surface area (Å²) in [5, 5.41) is 9.43. The van der Waals surface area contributed by atoms with Crippen LogP contribution in [0.1, 0.15) is 16.7 Å². The lowest BCUT2D eigenvalue weighted by Crippen LogP contribution is -2.43. The highest BCUT2D eigenvalue weighted by molar-refractivity contribution is 5.98. The van der Waals surface area contributed by atoms with Crippen LogP contribution in [0.5, 0.6) is 0 Å². The van der Waals surface area contributed by atoms with E-state index in [1.165, 1.54) is 4.90 Å². The van der Waals surface area contributed by atoms with Crippen LogP contribution in [0.3, 0.4) is 0 Å². The van der Waals surface area contributed by atoms with E-state index >= 15 is 0 Å². The lowest BCUT2D eigenvalue weighted by atomic mass is 10.0. The van der Waals surface area contributed by atoms with Gasteiger partial charge in [-0.05, 0) is 29.7 Å². The molecule has 0 bridgehead atoms. The fourth-order valence-corrected chi connectivity index (χ4v) is 2.84. The van der Waals surface area contributed by atoms with E-state index in [9.17, 15) is 14.7 Å². The molecule has 0 fully saturated rings. The number of benzene rings is 2. The zero-order valence-electron chi connectivity index (χ0n) is 12.7. The number of aryl methyl sites for hydroxylation is 1. The van der Waals surface area contributed by atoms with Crippen molar-refractivity contribution in [1.29, 1.82) is 0 Å². The molecule has 23 heavy (non-hydrogen) atoms. The van der Waals surface area contributed by atoms with Crippen LogP contribution in [0.15, 0.2) is 48.5 Å². The first kappa shape index (κ1) is 15.1. The van der Waals surface area contributed by atoms with Gasteiger partial charge in [0.15, 0.2) is 0 Å². The van der Waals surface area contributed by atoms with Gasteiger partial charge in [0.25, 0.3) is 0 Å². The monoisotopic (exact) mass is 311 g/mol. The maximum Gasteiger partial charge on any atom is 0.415 e. The third kappa shape index (κ3) is 2.90. The van der Waals surface area contributed by atoms with Crippen LogP contribution in [0, 0.1) is 6.92 Å². The van der Waals surface area contributed by atoms with Crippen molar-refractivity contribution in [2.24, 2.45) is 0 Å². The van der Waals surface area contributed by atoms with Gasteiger partial charge in [0.2, 0.25) is 0 Å². The van der Waals surface area contributed by atoms with Gasteiger partial charge in [-0.25, -0.2) is 9.59 Å². The lowest BCUT2D eigenvalue weighted by Gasteiger charge is -2.22. The fraction of sp³-hybridized carbons (Fsp3) is 0.222. The van der Waals surface area contributed by atoms with Crippen LogP contribution < -0.4 is 4.90 Å². The summed E-state index contributed by atoms with van der Waals surface area (Å²) in [6.45, 7) is 2.03. The Morgan fingerprint density at radius 2 is 1.91 bits per heavy atom. The standard InChI is InChI=1S/C18H17NO4/c1-12-6-5-9-15-14(12)10-16(17(20)21)19(15)18(22)23-11-13-7-3-2-4-8-13/h2-9,16H,10-11H2,1H3,(H,20,21)/t16-/m0/s1. The number of carboxylic acids is 1. The van der Waals surface area contributed by atoms with Gasteiger partial charge in [-0.3, -0.25) is 4.90 Å². The molecule has 2 aromatic rings. The summed E-state index contributed by atoms with van der Waals surface area (Å²) in [5.41, 5.74) is 3.34. The molecule has 0 saturated carbocycles. The Morgan fingerprint density at radius 1 is 1.17 bits per heavy atom. The van der Waals surface area contributed by atoms with Crippen molar-refractivity contribution in [3.05, 3.63) is 65.2 Å². The Labute approximate surface area is 134 Å². The second-order valence-corrected chi connectivity index (χ2v) is 5.54. The highest BCUT2D eigenvalue weighted by Gasteiger charge is 2.40. The van der Waals surface area contributed by atoms with E-state index < -0.39 is 18.1 Å². The molecule has 1 atom stereocenters. The van der Waals surface area contributed by atoms with Crippen molar-refractivity contribution in [1.82, 2.24) is 0 Å². The first-order valence-corrected chi connectivity index (χ1v) is 7.39. The number of hydrogen-bond acceptors (Lipinski definition) is 3. The van der Waals surface area contributed by atoms with Crippen LogP contribution in [-0.2, 0) is 22.6 Å². The number of rotatable bonds is 3. The van der Waals surface area contributed by atoms with Gasteiger partial charge in [-0.2, -0.15) is 0 Å². The minimum absolute atomic E-state index is 0.115. The first-order valence-electron chi connectivity index (χ1n) is 7.39. The quantitative estimate of drug-likeness (QED) is 0.945. The number of ether oxygens (including phenoxy) is 1. The van der Waals surface area contributed by atoms with Gasteiger partial charge in [0.05, 0.1) is 5.69 Å². The molecule has 1 N–H and O–H groups in total. The third-order valence-corrected chi connectivity index (χ3v) is 4.04. The summed E-state index contributed by atoms with van der Waals surface area (Å²) >= 11 is 0. The minimum atomic E-state index is -1.03. The minimum Gasteiger partial charge on any atom is -0.480 e. The van der Waals surface area contributed by atoms with Gasteiger partial charge in [-0.1, -0.05) is 42.5 Å². The van der Waals surface area contributed by atoms with Crippen molar-refractivity contribution in [2.45, 2.75) is 26.0 Å². The normalized spacial score (nSPS) is 16.0. The number of aliphatic carboxylic acids is 1. The Bertz CT molecular complexity index is 742. The Kier molecular flexibility index (Phi) is 4.02. The number of carbonyl (C=O) groups is 2. The second-order valence-electron chi connectivity index (χ2n) is 5.54. The van der Waals surface area contributed by atoms with Crippen molar-refractivity contribution in [3.63, 3.8) is 0 Å². The largest absolute Gasteiger partial charge is 0.480 e. The number of amides is 1. The van der Waals surface area contributed by atoms with Gasteiger partial charge in [0, 0.05) is 6.42 Å². The molecule has 3 rings (SSSR count). The molecule has 118 valence electrons. The molecule has 1 aliphatic rings. The summed E-state index contributed by atoms with van der Waals surface area (Å²) in [6.07, 6.45) is -0.330. The van der Waals surface area contributed by atoms with E-state index in [1.54, 1.807) is 6.07 Å². The summed E-state index contributed by atoms with van der Waals surface area (Å²) in [6, 6.07) is 13.9. The molecule has 0 aromatic heterocycles. The van der Waals surface area contributed by atoms with E-state index in [0.29, 0.717) is 12.1 Å². The molecule has 2 aromatic carbocycles. The molecule has 0 saturated heterocycles. The molecule has 0 aliphatic carbocycles. The summed E-state index contributed by atoms with van der Waals surface area (Å²) < 4.78 is 5.31. The molecule has 1 aliphatic heterocycles. The van der Waals surface area contributed by atoms with Gasteiger partial charge >= 0.3 is 12.1 Å². The molecule has 0 unspecified atom stereocenters. The summed E-state index contributed by atoms with van der Waals surface area (Å²) in [5.74, 6) is -1.03. The molecule has 0 radical (unpaired) electrons. The number of carboxylic acid groups (broad SMARTS) is 1. The Balaban J connectivity index is 1.83. The average Bonchev–Trinajstić information content (AvgIpc) is 2.95. The maximum absolute atomic E-state index is 12.4. The smallest absolute Gasteiger partial charge is 0.415 e. The number of carbonyl (C=O) groups excluding carboxylic acids is 1. The third-order valence-electron chi connectivity index (χ3n) is 4.04. The topological polar surface area (TPSA) is 66.8 Å². The number of nitrogens with zero attached hydrogens (tertiary/aromatic N) is 1. The van der Waals surface area contributed by atoms with E-state index in [1.807, 2.05) is 49.4 Å². The van der Waals surface area contributed by atoms with Gasteiger partial charge in [-0.15, -0.1) is 0 Å². The highest BCUT2D eigenvalue weighted by atomic mass is 16.6. The van der Waals surface area contributed by atoms with Gasteiger partial charge < -0.3 is 9.84 Å². The molecule has 0 spiro atoms. The van der Waals surface area contributed by atoms with Crippen LogP contribution in [-0.4, -0.2) is 23.2 Å². The van der Waals surface area contributed by atoms with Gasteiger partial charge in [0.1, 0.15) is 12.6 Å². The molecule has 5 nitrogen and oxygen atoms in total. The number of hydrogen-bond donors (Lipinski definition) is 1. The zero-order valence-corrected chi connectivity index (χ0v) is 12.7. The Morgan fingerprint density at radius 3 is 2.61 bits per heavy atom. The molecule has 5 heteroatoms. The molecular weight excluding hydrogens is 294 g/mol. The van der Waals surface area contributed by atoms with Crippen LogP contribution in [0.4, 0.5) is 10.5 Å². The predicted octanol–water partition coefficient (Wildman–Crippen LogP) is 3.15. The average molecular weight is 311 g/mol. The zero-order chi connectivity index (χ0) is 16.4. The number of anilines is 1. The fourth-order valence-electron chi connectivity index (χ4n) is 2.84. The maximum atomic E-state index is 12.4. The first-order chi connectivity index (χ1) is 11.1. The molecule has 1 heterocycles. The van der Waals surface area contributed by atoms with E-state index in [-0.39, 0.29) is 6.61 Å². The lowest BCUT2D eigenvalue weighted by molar-refractivity contribution is -0.138. The van der Waals surface area contributed by atoms with Crippen LogP contribution in [0.25, 0.3) is 0 Å². The predicted molar refractivity (Wildman–Crippen MR) is 85.4 cm³/mol. The van der Waals surface area contributed by atoms with E-state index in [4.69, 9.17) is 4.74 Å². The van der Waals surface area contributed by atoms with Crippen molar-refractivity contribution in [3.8, 4) is 0 Å². The van der Waals surface area contributed by atoms with Crippen molar-refractivity contribution in [2.75, 3.05) is 4.90 Å². The van der Waals surface area contributed by atoms with E-state index in [0.717, 1.165) is 16.7 Å². The van der Waals surface area contributed by atoms with Crippen molar-refractivity contribution >= 4 is 17.7 Å². The highest BCUT2D eigenvalue weighted by Crippen LogP contribution is 2.35. The van der Waals surface area contributed by atoms with Crippen LogP contribution in [0.2, 0.25) is 0 Å². The molecule has 1 amide bonds.